The SMILES string of the molecule is CCCc1cc(C)cc(CCC)c1N=Cc1cc(Cl)cc(C=Nc2c(CCC)cc(C)cc2CCC)n1.[Cl-].[Cl-].[Cl-].[Nd+3]. The Morgan fingerprint density at radius 1 is 0.585 bits per heavy atom. The largest absolute Gasteiger partial charge is 3.00 e. The number of hydrogen-bond donors (Lipinski definition) is 0. The van der Waals surface area contributed by atoms with Gasteiger partial charge in [-0.1, -0.05) is 100 Å². The summed E-state index contributed by atoms with van der Waals surface area (Å²) < 4.78 is 0. The van der Waals surface area contributed by atoms with Gasteiger partial charge in [0, 0.05) is 5.02 Å². The molecule has 8 heteroatoms. The molecule has 0 N–H and O–H groups in total. The third-order valence-electron chi connectivity index (χ3n) is 6.38. The van der Waals surface area contributed by atoms with Gasteiger partial charge in [-0.15, -0.1) is 0 Å². The molecule has 221 valence electrons. The molecule has 2 aromatic carbocycles. The van der Waals surface area contributed by atoms with Gasteiger partial charge in [0.25, 0.3) is 0 Å². The van der Waals surface area contributed by atoms with Crippen LogP contribution in [0.5, 0.6) is 0 Å². The Kier molecular flexibility index (Phi) is 22.9. The van der Waals surface area contributed by atoms with Gasteiger partial charge in [0.1, 0.15) is 0 Å². The number of rotatable bonds is 12. The van der Waals surface area contributed by atoms with E-state index < -0.39 is 0 Å². The molecule has 0 aliphatic rings. The zero-order chi connectivity index (χ0) is 26.8. The second kappa shape index (κ2) is 22.0. The number of halogens is 4. The minimum Gasteiger partial charge on any atom is -1.00 e. The van der Waals surface area contributed by atoms with E-state index in [1.54, 1.807) is 0 Å². The van der Waals surface area contributed by atoms with E-state index in [0.717, 1.165) is 74.1 Å². The molecule has 0 fully saturated rings. The van der Waals surface area contributed by atoms with Crippen molar-refractivity contribution >= 4 is 35.4 Å². The molecular weight excluding hydrogens is 724 g/mol. The van der Waals surface area contributed by atoms with Crippen LogP contribution in [-0.2, 0) is 25.7 Å². The van der Waals surface area contributed by atoms with Crippen LogP contribution in [0, 0.1) is 54.7 Å². The third-order valence-corrected chi connectivity index (χ3v) is 6.60. The maximum Gasteiger partial charge on any atom is 3.00 e. The maximum atomic E-state index is 6.52. The zero-order valence-corrected chi connectivity index (χ0v) is 31.4. The third kappa shape index (κ3) is 12.9. The molecule has 0 unspecified atom stereocenters. The van der Waals surface area contributed by atoms with Crippen LogP contribution in [0.15, 0.2) is 46.4 Å². The average Bonchev–Trinajstić information content (AvgIpc) is 2.83. The number of benzene rings is 2. The Bertz CT molecular complexity index is 1130. The molecule has 1 radical (unpaired) electrons. The van der Waals surface area contributed by atoms with E-state index in [1.807, 2.05) is 24.6 Å². The Hall–Kier alpha value is -0.559. The molecule has 0 saturated carbocycles. The predicted octanol–water partition coefficient (Wildman–Crippen LogP) is 0.675. The molecule has 0 atom stereocenters. The number of nitrogens with zero attached hydrogens (tertiary/aromatic N) is 3. The van der Waals surface area contributed by atoms with Crippen molar-refractivity contribution in [1.29, 1.82) is 0 Å². The van der Waals surface area contributed by atoms with Crippen LogP contribution in [-0.4, -0.2) is 17.4 Å². The van der Waals surface area contributed by atoms with Crippen molar-refractivity contribution in [3.63, 3.8) is 0 Å². The summed E-state index contributed by atoms with van der Waals surface area (Å²) in [6.45, 7) is 13.2. The van der Waals surface area contributed by atoms with Gasteiger partial charge in [0.15, 0.2) is 0 Å². The fourth-order valence-corrected chi connectivity index (χ4v) is 5.19. The van der Waals surface area contributed by atoms with E-state index in [0.29, 0.717) is 5.02 Å². The van der Waals surface area contributed by atoms with Crippen LogP contribution in [0.1, 0.15) is 98.1 Å². The zero-order valence-electron chi connectivity index (χ0n) is 25.1. The van der Waals surface area contributed by atoms with Gasteiger partial charge in [-0.2, -0.15) is 0 Å². The quantitative estimate of drug-likeness (QED) is 0.250. The van der Waals surface area contributed by atoms with Crippen molar-refractivity contribution in [3.8, 4) is 0 Å². The first-order valence-corrected chi connectivity index (χ1v) is 14.3. The van der Waals surface area contributed by atoms with Crippen LogP contribution in [0.25, 0.3) is 0 Å². The Balaban J connectivity index is 0. The number of hydrogen-bond acceptors (Lipinski definition) is 3. The van der Waals surface area contributed by atoms with Gasteiger partial charge in [-0.25, -0.2) is 4.98 Å². The Labute approximate surface area is 304 Å². The van der Waals surface area contributed by atoms with Gasteiger partial charge in [-0.3, -0.25) is 9.98 Å². The van der Waals surface area contributed by atoms with Crippen molar-refractivity contribution in [3.05, 3.63) is 86.2 Å². The molecule has 0 aliphatic carbocycles. The average molecular weight is 767 g/mol. The van der Waals surface area contributed by atoms with Crippen LogP contribution in [0.3, 0.4) is 0 Å². The van der Waals surface area contributed by atoms with Gasteiger partial charge < -0.3 is 37.2 Å². The van der Waals surface area contributed by atoms with Crippen molar-refractivity contribution in [2.45, 2.75) is 92.9 Å². The van der Waals surface area contributed by atoms with Gasteiger partial charge in [-0.05, 0) is 73.9 Å². The molecule has 0 saturated heterocycles. The maximum absolute atomic E-state index is 6.52. The predicted molar refractivity (Wildman–Crippen MR) is 162 cm³/mol. The summed E-state index contributed by atoms with van der Waals surface area (Å²) in [7, 11) is 0. The normalized spacial score (nSPS) is 10.6. The second-order valence-electron chi connectivity index (χ2n) is 10.0. The van der Waals surface area contributed by atoms with Crippen molar-refractivity contribution < 1.29 is 78.1 Å². The summed E-state index contributed by atoms with van der Waals surface area (Å²) in [6, 6.07) is 12.8. The van der Waals surface area contributed by atoms with Crippen molar-refractivity contribution in [2.24, 2.45) is 9.98 Å². The molecule has 3 aromatic rings. The van der Waals surface area contributed by atoms with Crippen LogP contribution in [0.4, 0.5) is 11.4 Å². The summed E-state index contributed by atoms with van der Waals surface area (Å²) in [5.41, 5.74) is 11.5. The van der Waals surface area contributed by atoms with E-state index in [1.165, 1.54) is 33.4 Å². The molecule has 41 heavy (non-hydrogen) atoms. The van der Waals surface area contributed by atoms with E-state index in [2.05, 4.69) is 65.8 Å². The van der Waals surface area contributed by atoms with Gasteiger partial charge in [0.05, 0.1) is 35.2 Å². The molecule has 1 aromatic heterocycles. The molecule has 0 aliphatic heterocycles. The van der Waals surface area contributed by atoms with E-state index in [4.69, 9.17) is 26.6 Å². The minimum absolute atomic E-state index is 0. The summed E-state index contributed by atoms with van der Waals surface area (Å²) in [4.78, 5) is 14.7. The number of aryl methyl sites for hydroxylation is 6. The van der Waals surface area contributed by atoms with E-state index in [9.17, 15) is 0 Å². The van der Waals surface area contributed by atoms with Gasteiger partial charge in [0.2, 0.25) is 0 Å². The number of pyridine rings is 1. The van der Waals surface area contributed by atoms with Crippen LogP contribution in [0.2, 0.25) is 5.02 Å². The monoisotopic (exact) mass is 762 g/mol. The summed E-state index contributed by atoms with van der Waals surface area (Å²) in [5.74, 6) is 0. The molecule has 3 nitrogen and oxygen atoms in total. The summed E-state index contributed by atoms with van der Waals surface area (Å²) >= 11 is 6.52. The van der Waals surface area contributed by atoms with Crippen molar-refractivity contribution in [1.82, 2.24) is 4.98 Å². The first-order chi connectivity index (χ1) is 17.9. The van der Waals surface area contributed by atoms with E-state index in [-0.39, 0.29) is 78.1 Å². The molecule has 0 amide bonds. The minimum atomic E-state index is 0. The Morgan fingerprint density at radius 3 is 1.15 bits per heavy atom. The second-order valence-corrected chi connectivity index (χ2v) is 10.5. The standard InChI is InChI=1S/C33H42ClN3.3ClH.Nd/c1-7-11-25-15-23(5)16-26(12-8-2)32(25)35-21-30-19-29(34)20-31(37-30)22-36-33-27(13-9-3)17-24(6)18-28(33)14-10-4;;;;/h15-22H,7-14H2,1-6H3;3*1H;/q;;;;+3/p-3. The number of aromatic nitrogens is 1. The fourth-order valence-electron chi connectivity index (χ4n) is 4.97. The first-order valence-electron chi connectivity index (χ1n) is 13.9. The Morgan fingerprint density at radius 2 is 0.878 bits per heavy atom. The first kappa shape index (κ1) is 42.6. The summed E-state index contributed by atoms with van der Waals surface area (Å²) in [5, 5.41) is 0.635. The molecule has 0 bridgehead atoms. The molecule has 0 spiro atoms. The van der Waals surface area contributed by atoms with E-state index >= 15 is 0 Å². The fraction of sp³-hybridized carbons (Fsp3) is 0.424. The smallest absolute Gasteiger partial charge is 1.00 e. The van der Waals surface area contributed by atoms with Crippen LogP contribution < -0.4 is 37.2 Å². The molecule has 3 rings (SSSR count). The number of aliphatic imine (C=N–C) groups is 2. The van der Waals surface area contributed by atoms with Crippen LogP contribution >= 0.6 is 11.6 Å². The van der Waals surface area contributed by atoms with Crippen molar-refractivity contribution in [2.75, 3.05) is 0 Å². The summed E-state index contributed by atoms with van der Waals surface area (Å²) in [6.07, 6.45) is 12.1. The van der Waals surface area contributed by atoms with Gasteiger partial charge >= 0.3 is 40.8 Å². The molecule has 1 heterocycles. The molecular formula is C33H42Cl4N3Nd. The topological polar surface area (TPSA) is 37.6 Å².